The van der Waals surface area contributed by atoms with Crippen molar-refractivity contribution in [3.63, 3.8) is 0 Å². The minimum Gasteiger partial charge on any atom is -0.492 e. The van der Waals surface area contributed by atoms with E-state index in [1.807, 2.05) is 0 Å². The predicted octanol–water partition coefficient (Wildman–Crippen LogP) is 3.17. The molecule has 0 unspecified atom stereocenters. The van der Waals surface area contributed by atoms with Gasteiger partial charge >= 0.3 is 0 Å². The Morgan fingerprint density at radius 3 is 2.95 bits per heavy atom. The van der Waals surface area contributed by atoms with Crippen LogP contribution in [0.4, 0.5) is 0 Å². The van der Waals surface area contributed by atoms with Gasteiger partial charge < -0.3 is 9.47 Å². The van der Waals surface area contributed by atoms with Crippen molar-refractivity contribution < 1.29 is 9.47 Å². The van der Waals surface area contributed by atoms with Gasteiger partial charge in [0.05, 0.1) is 13.2 Å². The number of hydrogen-bond acceptors (Lipinski definition) is 4. The van der Waals surface area contributed by atoms with E-state index >= 15 is 0 Å². The highest BCUT2D eigenvalue weighted by Gasteiger charge is 2.11. The second-order valence-corrected chi connectivity index (χ2v) is 6.02. The molecule has 0 bridgehead atoms. The van der Waals surface area contributed by atoms with E-state index in [4.69, 9.17) is 9.47 Å². The molecule has 0 N–H and O–H groups in total. The second kappa shape index (κ2) is 6.57. The van der Waals surface area contributed by atoms with Gasteiger partial charge in [0.15, 0.2) is 0 Å². The normalized spacial score (nSPS) is 16.6. The van der Waals surface area contributed by atoms with E-state index in [0.717, 1.165) is 51.6 Å². The first kappa shape index (κ1) is 13.9. The number of thiophene rings is 1. The summed E-state index contributed by atoms with van der Waals surface area (Å²) in [5.41, 5.74) is 1.30. The highest BCUT2D eigenvalue weighted by Crippen LogP contribution is 2.30. The second-order valence-electron chi connectivity index (χ2n) is 5.07. The summed E-state index contributed by atoms with van der Waals surface area (Å²) in [5, 5.41) is 3.47. The highest BCUT2D eigenvalue weighted by molar-refractivity contribution is 7.17. The molecule has 0 radical (unpaired) electrons. The first-order valence-corrected chi connectivity index (χ1v) is 8.18. The van der Waals surface area contributed by atoms with Crippen molar-refractivity contribution in [1.82, 2.24) is 4.90 Å². The van der Waals surface area contributed by atoms with Gasteiger partial charge in [-0.3, -0.25) is 4.90 Å². The fourth-order valence-electron chi connectivity index (χ4n) is 2.56. The number of nitrogens with zero attached hydrogens (tertiary/aromatic N) is 1. The summed E-state index contributed by atoms with van der Waals surface area (Å²) < 4.78 is 12.7. The summed E-state index contributed by atoms with van der Waals surface area (Å²) >= 11 is 1.78. The van der Waals surface area contributed by atoms with Crippen LogP contribution in [0.15, 0.2) is 23.6 Å². The number of hydrogen-bond donors (Lipinski definition) is 0. The maximum Gasteiger partial charge on any atom is 0.123 e. The molecule has 1 aliphatic heterocycles. The molecule has 0 aliphatic carbocycles. The molecule has 1 fully saturated rings. The van der Waals surface area contributed by atoms with Crippen molar-refractivity contribution in [2.75, 3.05) is 39.5 Å². The molecule has 1 aromatic carbocycles. The Morgan fingerprint density at radius 2 is 2.15 bits per heavy atom. The van der Waals surface area contributed by atoms with E-state index in [2.05, 4.69) is 35.4 Å². The molecule has 4 heteroatoms. The summed E-state index contributed by atoms with van der Waals surface area (Å²) in [7, 11) is 0. The van der Waals surface area contributed by atoms with E-state index in [0.29, 0.717) is 0 Å². The molecule has 0 atom stereocenters. The van der Waals surface area contributed by atoms with Gasteiger partial charge in [0.25, 0.3) is 0 Å². The number of fused-ring (bicyclic) bond motifs is 1. The molecule has 3 nitrogen and oxygen atoms in total. The van der Waals surface area contributed by atoms with Crippen LogP contribution in [-0.2, 0) is 11.2 Å². The Kier molecular flexibility index (Phi) is 4.55. The Bertz CT molecular complexity index is 561. The molecule has 1 aliphatic rings. The molecule has 0 amide bonds. The molecular weight excluding hydrogens is 270 g/mol. The van der Waals surface area contributed by atoms with Gasteiger partial charge in [0.1, 0.15) is 12.4 Å². The molecule has 2 heterocycles. The van der Waals surface area contributed by atoms with Gasteiger partial charge in [-0.2, -0.15) is 0 Å². The number of rotatable bonds is 5. The number of ether oxygens (including phenoxy) is 2. The third-order valence-electron chi connectivity index (χ3n) is 3.79. The van der Waals surface area contributed by atoms with Gasteiger partial charge in [-0.05, 0) is 40.9 Å². The number of benzene rings is 1. The van der Waals surface area contributed by atoms with Gasteiger partial charge in [-0.1, -0.05) is 6.92 Å². The van der Waals surface area contributed by atoms with Crippen molar-refractivity contribution in [1.29, 1.82) is 0 Å². The molecule has 0 saturated carbocycles. The van der Waals surface area contributed by atoms with Crippen molar-refractivity contribution in [3.05, 3.63) is 29.1 Å². The van der Waals surface area contributed by atoms with Crippen LogP contribution in [0.3, 0.4) is 0 Å². The predicted molar refractivity (Wildman–Crippen MR) is 84.0 cm³/mol. The largest absolute Gasteiger partial charge is 0.492 e. The molecule has 3 rings (SSSR count). The summed E-state index contributed by atoms with van der Waals surface area (Å²) in [5.74, 6) is 1.05. The lowest BCUT2D eigenvalue weighted by Crippen LogP contribution is -2.38. The monoisotopic (exact) mass is 291 g/mol. The van der Waals surface area contributed by atoms with Crippen molar-refractivity contribution in [3.8, 4) is 5.75 Å². The fourth-order valence-corrected chi connectivity index (χ4v) is 3.36. The molecule has 108 valence electrons. The van der Waals surface area contributed by atoms with Crippen LogP contribution < -0.4 is 4.74 Å². The Labute approximate surface area is 124 Å². The molecule has 0 spiro atoms. The van der Waals surface area contributed by atoms with E-state index in [1.54, 1.807) is 11.3 Å². The van der Waals surface area contributed by atoms with Crippen molar-refractivity contribution in [2.45, 2.75) is 13.3 Å². The molecule has 2 aromatic rings. The lowest BCUT2D eigenvalue weighted by molar-refractivity contribution is 0.0322. The van der Waals surface area contributed by atoms with E-state index in [-0.39, 0.29) is 0 Å². The SMILES string of the molecule is CCc1cc2ccsc2cc1OCCN1CCOCC1. The first-order valence-electron chi connectivity index (χ1n) is 7.30. The zero-order chi connectivity index (χ0) is 13.8. The lowest BCUT2D eigenvalue weighted by atomic mass is 10.1. The average molecular weight is 291 g/mol. The number of aryl methyl sites for hydroxylation is 1. The van der Waals surface area contributed by atoms with Crippen molar-refractivity contribution in [2.24, 2.45) is 0 Å². The van der Waals surface area contributed by atoms with Gasteiger partial charge in [-0.25, -0.2) is 0 Å². The van der Waals surface area contributed by atoms with Crippen LogP contribution in [-0.4, -0.2) is 44.4 Å². The summed E-state index contributed by atoms with van der Waals surface area (Å²) in [4.78, 5) is 2.40. The average Bonchev–Trinajstić information content (AvgIpc) is 2.94. The van der Waals surface area contributed by atoms with Gasteiger partial charge in [0, 0.05) is 24.3 Å². The van der Waals surface area contributed by atoms with Crippen LogP contribution in [0.25, 0.3) is 10.1 Å². The summed E-state index contributed by atoms with van der Waals surface area (Å²) in [6, 6.07) is 6.63. The zero-order valence-corrected chi connectivity index (χ0v) is 12.7. The fraction of sp³-hybridized carbons (Fsp3) is 0.500. The van der Waals surface area contributed by atoms with Crippen molar-refractivity contribution >= 4 is 21.4 Å². The first-order chi connectivity index (χ1) is 9.86. The van der Waals surface area contributed by atoms with E-state index in [1.165, 1.54) is 15.6 Å². The van der Waals surface area contributed by atoms with Gasteiger partial charge in [-0.15, -0.1) is 11.3 Å². The third-order valence-corrected chi connectivity index (χ3v) is 4.66. The van der Waals surface area contributed by atoms with Crippen LogP contribution in [0.5, 0.6) is 5.75 Å². The van der Waals surface area contributed by atoms with E-state index < -0.39 is 0 Å². The smallest absolute Gasteiger partial charge is 0.123 e. The quantitative estimate of drug-likeness (QED) is 0.844. The van der Waals surface area contributed by atoms with Gasteiger partial charge in [0.2, 0.25) is 0 Å². The van der Waals surface area contributed by atoms with Crippen LogP contribution in [0.2, 0.25) is 0 Å². The Hall–Kier alpha value is -1.10. The number of morpholine rings is 1. The standard InChI is InChI=1S/C16H21NO2S/c1-2-13-11-14-3-10-20-16(14)12-15(13)19-9-6-17-4-7-18-8-5-17/h3,10-12H,2,4-9H2,1H3. The molecule has 1 aromatic heterocycles. The Balaban J connectivity index is 1.63. The Morgan fingerprint density at radius 1 is 1.30 bits per heavy atom. The molecular formula is C16H21NO2S. The topological polar surface area (TPSA) is 21.7 Å². The van der Waals surface area contributed by atoms with Crippen LogP contribution in [0, 0.1) is 0 Å². The lowest BCUT2D eigenvalue weighted by Gasteiger charge is -2.26. The zero-order valence-electron chi connectivity index (χ0n) is 11.9. The minimum absolute atomic E-state index is 0.754. The van der Waals surface area contributed by atoms with Crippen LogP contribution in [0.1, 0.15) is 12.5 Å². The molecule has 1 saturated heterocycles. The highest BCUT2D eigenvalue weighted by atomic mass is 32.1. The summed E-state index contributed by atoms with van der Waals surface area (Å²) in [6.07, 6.45) is 1.01. The molecule has 20 heavy (non-hydrogen) atoms. The third kappa shape index (κ3) is 3.14. The van der Waals surface area contributed by atoms with E-state index in [9.17, 15) is 0 Å². The minimum atomic E-state index is 0.754. The van der Waals surface area contributed by atoms with Crippen LogP contribution >= 0.6 is 11.3 Å². The summed E-state index contributed by atoms with van der Waals surface area (Å²) in [6.45, 7) is 7.66. The maximum absolute atomic E-state index is 6.03. The maximum atomic E-state index is 6.03.